The predicted molar refractivity (Wildman–Crippen MR) is 95.5 cm³/mol. The quantitative estimate of drug-likeness (QED) is 0.735. The smallest absolute Gasteiger partial charge is 0.398 e. The second-order valence-electron chi connectivity index (χ2n) is 6.24. The van der Waals surface area contributed by atoms with E-state index in [1.54, 1.807) is 4.90 Å². The highest BCUT2D eigenvalue weighted by atomic mass is 35.5. The van der Waals surface area contributed by atoms with Crippen molar-refractivity contribution >= 4 is 36.4 Å². The number of alkyl halides is 3. The third-order valence-electron chi connectivity index (χ3n) is 4.74. The second-order valence-corrected chi connectivity index (χ2v) is 6.24. The molecule has 2 aliphatic rings. The van der Waals surface area contributed by atoms with Gasteiger partial charge in [0.2, 0.25) is 0 Å². The lowest BCUT2D eigenvalue weighted by Crippen LogP contribution is -2.56. The van der Waals surface area contributed by atoms with Gasteiger partial charge in [0.05, 0.1) is 11.1 Å². The molecule has 0 saturated carbocycles. The van der Waals surface area contributed by atoms with Crippen molar-refractivity contribution in [2.75, 3.05) is 31.9 Å². The molecule has 0 aliphatic carbocycles. The summed E-state index contributed by atoms with van der Waals surface area (Å²) in [6.45, 7) is 2.91. The largest absolute Gasteiger partial charge is 0.416 e. The maximum Gasteiger partial charge on any atom is 0.416 e. The molecule has 25 heavy (non-hydrogen) atoms. The van der Waals surface area contributed by atoms with Crippen LogP contribution in [-0.2, 0) is 6.18 Å². The summed E-state index contributed by atoms with van der Waals surface area (Å²) in [4.78, 5) is 16.6. The molecule has 1 aromatic rings. The van der Waals surface area contributed by atoms with Crippen molar-refractivity contribution in [3.05, 3.63) is 29.3 Å². The van der Waals surface area contributed by atoms with E-state index < -0.39 is 17.6 Å². The molecule has 0 radical (unpaired) electrons. The molecule has 0 spiro atoms. The molecule has 142 valence electrons. The van der Waals surface area contributed by atoms with Gasteiger partial charge in [-0.25, -0.2) is 0 Å². The number of hydrogen-bond donors (Lipinski definition) is 1. The standard InChI is InChI=1S/C16H20F3N3O.2ClH/c17-16(18,19)11-4-5-14(20)13(9-11)15(23)22-8-7-21-6-2-1-3-12(21)10-22;;/h4-5,9,12H,1-3,6-8,10,20H2;2*1H. The number of piperidine rings is 1. The lowest BCUT2D eigenvalue weighted by Gasteiger charge is -2.44. The monoisotopic (exact) mass is 399 g/mol. The van der Waals surface area contributed by atoms with Crippen LogP contribution in [0.4, 0.5) is 18.9 Å². The van der Waals surface area contributed by atoms with Gasteiger partial charge < -0.3 is 10.6 Å². The molecular weight excluding hydrogens is 378 g/mol. The molecule has 4 nitrogen and oxygen atoms in total. The number of carbonyl (C=O) groups is 1. The number of fused-ring (bicyclic) bond motifs is 1. The summed E-state index contributed by atoms with van der Waals surface area (Å²) in [6, 6.07) is 3.25. The zero-order chi connectivity index (χ0) is 16.6. The molecular formula is C16H22Cl2F3N3O. The molecule has 2 saturated heterocycles. The van der Waals surface area contributed by atoms with Gasteiger partial charge in [-0.3, -0.25) is 9.69 Å². The molecule has 2 fully saturated rings. The number of amides is 1. The first-order chi connectivity index (χ1) is 10.9. The van der Waals surface area contributed by atoms with Gasteiger partial charge in [-0.15, -0.1) is 24.8 Å². The van der Waals surface area contributed by atoms with Crippen LogP contribution in [0.1, 0.15) is 35.2 Å². The number of piperazine rings is 1. The summed E-state index contributed by atoms with van der Waals surface area (Å²) >= 11 is 0. The Morgan fingerprint density at radius 3 is 2.52 bits per heavy atom. The molecule has 0 bridgehead atoms. The summed E-state index contributed by atoms with van der Waals surface area (Å²) in [5.74, 6) is -0.404. The van der Waals surface area contributed by atoms with E-state index in [0.29, 0.717) is 19.1 Å². The third-order valence-corrected chi connectivity index (χ3v) is 4.74. The molecule has 0 aromatic heterocycles. The van der Waals surface area contributed by atoms with E-state index in [1.807, 2.05) is 0 Å². The van der Waals surface area contributed by atoms with Gasteiger partial charge in [-0.1, -0.05) is 6.42 Å². The average Bonchev–Trinajstić information content (AvgIpc) is 2.53. The van der Waals surface area contributed by atoms with Gasteiger partial charge in [-0.05, 0) is 37.6 Å². The van der Waals surface area contributed by atoms with Crippen LogP contribution >= 0.6 is 24.8 Å². The Balaban J connectivity index is 0.00000156. The predicted octanol–water partition coefficient (Wildman–Crippen LogP) is 3.44. The van der Waals surface area contributed by atoms with E-state index in [1.165, 1.54) is 6.42 Å². The van der Waals surface area contributed by atoms with Crippen LogP contribution in [0.15, 0.2) is 18.2 Å². The maximum atomic E-state index is 12.9. The fraction of sp³-hybridized carbons (Fsp3) is 0.562. The Kier molecular flexibility index (Phi) is 7.40. The van der Waals surface area contributed by atoms with Crippen LogP contribution in [0.25, 0.3) is 0 Å². The number of nitrogens with zero attached hydrogens (tertiary/aromatic N) is 2. The Labute approximate surface area is 157 Å². The van der Waals surface area contributed by atoms with Crippen LogP contribution in [0, 0.1) is 0 Å². The first-order valence-electron chi connectivity index (χ1n) is 7.86. The van der Waals surface area contributed by atoms with E-state index in [0.717, 1.165) is 44.1 Å². The number of nitrogens with two attached hydrogens (primary N) is 1. The minimum atomic E-state index is -4.48. The summed E-state index contributed by atoms with van der Waals surface area (Å²) in [6.07, 6.45) is -1.15. The Hall–Kier alpha value is -1.18. The van der Waals surface area contributed by atoms with Gasteiger partial charge in [0, 0.05) is 31.4 Å². The van der Waals surface area contributed by atoms with Crippen molar-refractivity contribution < 1.29 is 18.0 Å². The number of hydrogen-bond acceptors (Lipinski definition) is 3. The molecule has 1 amide bonds. The Morgan fingerprint density at radius 2 is 1.84 bits per heavy atom. The van der Waals surface area contributed by atoms with E-state index in [9.17, 15) is 18.0 Å². The normalized spacial score (nSPS) is 20.9. The molecule has 2 aliphatic heterocycles. The summed E-state index contributed by atoms with van der Waals surface area (Å²) < 4.78 is 38.6. The van der Waals surface area contributed by atoms with E-state index in [4.69, 9.17) is 5.73 Å². The van der Waals surface area contributed by atoms with Crippen molar-refractivity contribution in [1.29, 1.82) is 0 Å². The van der Waals surface area contributed by atoms with Crippen LogP contribution in [0.2, 0.25) is 0 Å². The molecule has 1 unspecified atom stereocenters. The van der Waals surface area contributed by atoms with Crippen molar-refractivity contribution in [2.24, 2.45) is 0 Å². The topological polar surface area (TPSA) is 49.6 Å². The Morgan fingerprint density at radius 1 is 1.12 bits per heavy atom. The van der Waals surface area contributed by atoms with E-state index >= 15 is 0 Å². The highest BCUT2D eigenvalue weighted by molar-refractivity contribution is 5.99. The second kappa shape index (κ2) is 8.47. The summed E-state index contributed by atoms with van der Waals surface area (Å²) in [7, 11) is 0. The van der Waals surface area contributed by atoms with Crippen LogP contribution < -0.4 is 5.73 Å². The van der Waals surface area contributed by atoms with Gasteiger partial charge in [-0.2, -0.15) is 13.2 Å². The number of anilines is 1. The SMILES string of the molecule is Cl.Cl.Nc1ccc(C(F)(F)F)cc1C(=O)N1CCN2CCCCC2C1. The summed E-state index contributed by atoms with van der Waals surface area (Å²) in [5, 5.41) is 0. The van der Waals surface area contributed by atoms with Gasteiger partial charge in [0.1, 0.15) is 0 Å². The first kappa shape index (κ1) is 21.9. The minimum Gasteiger partial charge on any atom is -0.398 e. The number of carbonyl (C=O) groups excluding carboxylic acids is 1. The third kappa shape index (κ3) is 4.71. The summed E-state index contributed by atoms with van der Waals surface area (Å²) in [5.41, 5.74) is 4.95. The molecule has 9 heteroatoms. The number of nitrogen functional groups attached to an aromatic ring is 1. The highest BCUT2D eigenvalue weighted by Gasteiger charge is 2.34. The molecule has 1 atom stereocenters. The fourth-order valence-electron chi connectivity index (χ4n) is 3.43. The van der Waals surface area contributed by atoms with E-state index in [-0.39, 0.29) is 36.1 Å². The fourth-order valence-corrected chi connectivity index (χ4v) is 3.43. The van der Waals surface area contributed by atoms with Gasteiger partial charge in [0.15, 0.2) is 0 Å². The molecule has 2 heterocycles. The zero-order valence-corrected chi connectivity index (χ0v) is 15.2. The maximum absolute atomic E-state index is 12.9. The highest BCUT2D eigenvalue weighted by Crippen LogP contribution is 2.32. The van der Waals surface area contributed by atoms with Crippen LogP contribution in [0.3, 0.4) is 0 Å². The van der Waals surface area contributed by atoms with Crippen LogP contribution in [-0.4, -0.2) is 47.9 Å². The molecule has 3 rings (SSSR count). The first-order valence-corrected chi connectivity index (χ1v) is 7.86. The molecule has 1 aromatic carbocycles. The lowest BCUT2D eigenvalue weighted by atomic mass is 9.98. The Bertz CT molecular complexity index is 613. The zero-order valence-electron chi connectivity index (χ0n) is 13.6. The van der Waals surface area contributed by atoms with Crippen molar-refractivity contribution in [1.82, 2.24) is 9.80 Å². The van der Waals surface area contributed by atoms with Crippen molar-refractivity contribution in [3.8, 4) is 0 Å². The number of benzene rings is 1. The number of halogens is 5. The molecule has 2 N–H and O–H groups in total. The van der Waals surface area contributed by atoms with Crippen molar-refractivity contribution in [2.45, 2.75) is 31.5 Å². The van der Waals surface area contributed by atoms with Crippen molar-refractivity contribution in [3.63, 3.8) is 0 Å². The van der Waals surface area contributed by atoms with E-state index in [2.05, 4.69) is 4.90 Å². The van der Waals surface area contributed by atoms with Crippen LogP contribution in [0.5, 0.6) is 0 Å². The van der Waals surface area contributed by atoms with Gasteiger partial charge >= 0.3 is 6.18 Å². The van der Waals surface area contributed by atoms with Gasteiger partial charge in [0.25, 0.3) is 5.91 Å². The average molecular weight is 400 g/mol. The number of rotatable bonds is 1. The minimum absolute atomic E-state index is 0. The lowest BCUT2D eigenvalue weighted by molar-refractivity contribution is -0.137.